The van der Waals surface area contributed by atoms with Crippen LogP contribution in [0.2, 0.25) is 0 Å². The van der Waals surface area contributed by atoms with Crippen molar-refractivity contribution in [3.63, 3.8) is 0 Å². The average molecular weight is 889 g/mol. The number of hydrogen-bond donors (Lipinski definition) is 0. The van der Waals surface area contributed by atoms with Crippen LogP contribution in [-0.4, -0.2) is 15.0 Å². The standard InChI is InChI=1S/C66H40N4/c67-41-54-23-12-26-56(62(54)45-32-29-43(30-33-45)50-35-36-57-58-27-10-17-44-18-11-28-59(63(44)58)61(57)40-50)52-21-9-20-51(39-52)55-24-6-7-25-60(55)66-69-64(46-14-2-1-3-15-46)68-65(70-66)53-22-8-19-48(38-53)49-34-31-42-13-4-5-16-47(42)37-49/h1-40H. The van der Waals surface area contributed by atoms with Crippen LogP contribution in [0.3, 0.4) is 0 Å². The molecule has 0 atom stereocenters. The van der Waals surface area contributed by atoms with E-state index in [4.69, 9.17) is 15.0 Å². The van der Waals surface area contributed by atoms with Crippen molar-refractivity contribution in [1.29, 1.82) is 5.26 Å². The van der Waals surface area contributed by atoms with Gasteiger partial charge < -0.3 is 0 Å². The molecule has 1 heterocycles. The van der Waals surface area contributed by atoms with Gasteiger partial charge in [-0.3, -0.25) is 0 Å². The monoisotopic (exact) mass is 888 g/mol. The molecule has 0 aliphatic heterocycles. The van der Waals surface area contributed by atoms with E-state index in [1.54, 1.807) is 0 Å². The van der Waals surface area contributed by atoms with Crippen molar-refractivity contribution in [3.8, 4) is 118 Å². The van der Waals surface area contributed by atoms with Crippen molar-refractivity contribution >= 4 is 21.5 Å². The van der Waals surface area contributed by atoms with Crippen molar-refractivity contribution in [2.24, 2.45) is 0 Å². The first-order valence-corrected chi connectivity index (χ1v) is 23.6. The number of rotatable bonds is 8. The van der Waals surface area contributed by atoms with Crippen LogP contribution in [0, 0.1) is 11.3 Å². The van der Waals surface area contributed by atoms with Gasteiger partial charge in [-0.1, -0.05) is 212 Å². The summed E-state index contributed by atoms with van der Waals surface area (Å²) in [7, 11) is 0. The van der Waals surface area contributed by atoms with Gasteiger partial charge in [-0.25, -0.2) is 15.0 Å². The minimum absolute atomic E-state index is 0.582. The van der Waals surface area contributed by atoms with E-state index in [1.165, 1.54) is 43.8 Å². The summed E-state index contributed by atoms with van der Waals surface area (Å²) in [5.41, 5.74) is 18.8. The van der Waals surface area contributed by atoms with Crippen molar-refractivity contribution < 1.29 is 0 Å². The molecule has 11 aromatic carbocycles. The molecule has 0 amide bonds. The molecule has 0 saturated carbocycles. The second-order valence-electron chi connectivity index (χ2n) is 17.8. The molecular formula is C66H40N4. The first-order valence-electron chi connectivity index (χ1n) is 23.6. The zero-order chi connectivity index (χ0) is 46.5. The lowest BCUT2D eigenvalue weighted by Crippen LogP contribution is -2.01. The molecule has 4 heteroatoms. The molecule has 0 saturated heterocycles. The fourth-order valence-corrected chi connectivity index (χ4v) is 10.3. The minimum Gasteiger partial charge on any atom is -0.208 e. The summed E-state index contributed by atoms with van der Waals surface area (Å²) in [4.78, 5) is 15.5. The zero-order valence-corrected chi connectivity index (χ0v) is 37.9. The lowest BCUT2D eigenvalue weighted by Gasteiger charge is -2.15. The Balaban J connectivity index is 0.869. The van der Waals surface area contributed by atoms with E-state index in [1.807, 2.05) is 48.5 Å². The highest BCUT2D eigenvalue weighted by atomic mass is 15.0. The molecule has 12 aromatic rings. The second kappa shape index (κ2) is 16.9. The van der Waals surface area contributed by atoms with Crippen LogP contribution in [-0.2, 0) is 0 Å². The second-order valence-corrected chi connectivity index (χ2v) is 17.8. The number of nitrogens with zero attached hydrogens (tertiary/aromatic N) is 4. The van der Waals surface area contributed by atoms with Gasteiger partial charge in [0, 0.05) is 22.3 Å². The lowest BCUT2D eigenvalue weighted by atomic mass is 9.88. The van der Waals surface area contributed by atoms with Crippen LogP contribution < -0.4 is 0 Å². The van der Waals surface area contributed by atoms with Gasteiger partial charge in [-0.15, -0.1) is 0 Å². The maximum absolute atomic E-state index is 10.6. The Hall–Kier alpha value is -9.56. The molecule has 70 heavy (non-hydrogen) atoms. The van der Waals surface area contributed by atoms with Gasteiger partial charge in [0.05, 0.1) is 11.6 Å². The van der Waals surface area contributed by atoms with Crippen LogP contribution in [0.1, 0.15) is 5.56 Å². The van der Waals surface area contributed by atoms with Crippen LogP contribution in [0.15, 0.2) is 243 Å². The summed E-state index contributed by atoms with van der Waals surface area (Å²) >= 11 is 0. The smallest absolute Gasteiger partial charge is 0.164 e. The summed E-state index contributed by atoms with van der Waals surface area (Å²) in [6.07, 6.45) is 0. The van der Waals surface area contributed by atoms with Crippen LogP contribution >= 0.6 is 0 Å². The molecule has 0 radical (unpaired) electrons. The van der Waals surface area contributed by atoms with Gasteiger partial charge in [-0.2, -0.15) is 5.26 Å². The lowest BCUT2D eigenvalue weighted by molar-refractivity contribution is 1.07. The predicted molar refractivity (Wildman–Crippen MR) is 287 cm³/mol. The molecule has 0 N–H and O–H groups in total. The van der Waals surface area contributed by atoms with E-state index in [-0.39, 0.29) is 0 Å². The summed E-state index contributed by atoms with van der Waals surface area (Å²) in [6, 6.07) is 87.5. The van der Waals surface area contributed by atoms with E-state index in [2.05, 4.69) is 200 Å². The third kappa shape index (κ3) is 7.13. The quantitative estimate of drug-likeness (QED) is 0.152. The highest BCUT2D eigenvalue weighted by Gasteiger charge is 2.22. The third-order valence-corrected chi connectivity index (χ3v) is 13.7. The Morgan fingerprint density at radius 3 is 1.56 bits per heavy atom. The van der Waals surface area contributed by atoms with Gasteiger partial charge in [0.15, 0.2) is 17.5 Å². The van der Waals surface area contributed by atoms with Crippen molar-refractivity contribution in [2.45, 2.75) is 0 Å². The third-order valence-electron chi connectivity index (χ3n) is 13.7. The number of aromatic nitrogens is 3. The Bertz CT molecular complexity index is 4070. The largest absolute Gasteiger partial charge is 0.208 e. The topological polar surface area (TPSA) is 62.5 Å². The Morgan fingerprint density at radius 2 is 0.757 bits per heavy atom. The summed E-state index contributed by atoms with van der Waals surface area (Å²) in [5.74, 6) is 1.78. The Labute approximate surface area is 406 Å². The van der Waals surface area contributed by atoms with Crippen LogP contribution in [0.4, 0.5) is 0 Å². The molecule has 4 nitrogen and oxygen atoms in total. The average Bonchev–Trinajstić information content (AvgIpc) is 3.76. The molecule has 0 bridgehead atoms. The molecule has 324 valence electrons. The molecule has 0 spiro atoms. The number of hydrogen-bond acceptors (Lipinski definition) is 4. The molecule has 13 rings (SSSR count). The maximum atomic E-state index is 10.6. The fourth-order valence-electron chi connectivity index (χ4n) is 10.3. The Morgan fingerprint density at radius 1 is 0.257 bits per heavy atom. The zero-order valence-electron chi connectivity index (χ0n) is 37.9. The van der Waals surface area contributed by atoms with E-state index in [0.717, 1.165) is 72.3 Å². The van der Waals surface area contributed by atoms with Crippen molar-refractivity contribution in [1.82, 2.24) is 15.0 Å². The van der Waals surface area contributed by atoms with E-state index >= 15 is 0 Å². The predicted octanol–water partition coefficient (Wildman–Crippen LogP) is 17.0. The van der Waals surface area contributed by atoms with Crippen molar-refractivity contribution in [2.75, 3.05) is 0 Å². The van der Waals surface area contributed by atoms with Gasteiger partial charge >= 0.3 is 0 Å². The van der Waals surface area contributed by atoms with Gasteiger partial charge in [0.25, 0.3) is 0 Å². The highest BCUT2D eigenvalue weighted by molar-refractivity contribution is 6.15. The molecule has 0 fully saturated rings. The van der Waals surface area contributed by atoms with E-state index in [0.29, 0.717) is 23.0 Å². The van der Waals surface area contributed by atoms with E-state index < -0.39 is 0 Å². The van der Waals surface area contributed by atoms with Crippen molar-refractivity contribution in [3.05, 3.63) is 248 Å². The molecular weight excluding hydrogens is 849 g/mol. The van der Waals surface area contributed by atoms with E-state index in [9.17, 15) is 5.26 Å². The maximum Gasteiger partial charge on any atom is 0.164 e. The normalized spacial score (nSPS) is 11.4. The minimum atomic E-state index is 0.582. The van der Waals surface area contributed by atoms with Gasteiger partial charge in [0.2, 0.25) is 0 Å². The summed E-state index contributed by atoms with van der Waals surface area (Å²) < 4.78 is 0. The SMILES string of the molecule is N#Cc1cccc(-c2cccc(-c3ccccc3-c3nc(-c4ccccc4)nc(-c4cccc(-c5ccc6ccccc6c5)c4)n3)c2)c1-c1ccc(-c2ccc3c(c2)-c2cccc4cccc-3c24)cc1. The summed E-state index contributed by atoms with van der Waals surface area (Å²) in [5, 5.41) is 15.6. The Kier molecular flexibility index (Phi) is 9.85. The molecule has 0 unspecified atom stereocenters. The molecule has 1 aromatic heterocycles. The van der Waals surface area contributed by atoms with Crippen LogP contribution in [0.5, 0.6) is 0 Å². The number of benzene rings is 11. The highest BCUT2D eigenvalue weighted by Crippen LogP contribution is 2.48. The molecule has 1 aliphatic rings. The molecule has 1 aliphatic carbocycles. The van der Waals surface area contributed by atoms with Crippen LogP contribution in [0.25, 0.3) is 134 Å². The van der Waals surface area contributed by atoms with Gasteiger partial charge in [-0.05, 0) is 124 Å². The number of nitriles is 1. The van der Waals surface area contributed by atoms with Gasteiger partial charge in [0.1, 0.15) is 0 Å². The summed E-state index contributed by atoms with van der Waals surface area (Å²) in [6.45, 7) is 0. The first kappa shape index (κ1) is 40.7. The first-order chi connectivity index (χ1) is 34.6. The fraction of sp³-hybridized carbons (Fsp3) is 0. The number of fused-ring (bicyclic) bond motifs is 4.